The van der Waals surface area contributed by atoms with Gasteiger partial charge in [0, 0.05) is 23.4 Å². The minimum Gasteiger partial charge on any atom is -0.326 e. The fourth-order valence-corrected chi connectivity index (χ4v) is 2.70. The van der Waals surface area contributed by atoms with Crippen LogP contribution in [0.2, 0.25) is 0 Å². The zero-order valence-corrected chi connectivity index (χ0v) is 13.3. The molecule has 1 aliphatic heterocycles. The van der Waals surface area contributed by atoms with E-state index >= 15 is 0 Å². The van der Waals surface area contributed by atoms with E-state index < -0.39 is 0 Å². The van der Waals surface area contributed by atoms with Crippen LogP contribution in [0, 0.1) is 0 Å². The van der Waals surface area contributed by atoms with Crippen molar-refractivity contribution in [1.82, 2.24) is 0 Å². The number of carbonyl (C=O) groups excluding carboxylic acids is 2. The van der Waals surface area contributed by atoms with Gasteiger partial charge in [-0.2, -0.15) is 0 Å². The number of anilines is 2. The normalized spacial score (nSPS) is 13.4. The predicted octanol–water partition coefficient (Wildman–Crippen LogP) is 3.95. The molecule has 2 aromatic rings. The number of hydrogen-bond donors (Lipinski definition) is 2. The van der Waals surface area contributed by atoms with Crippen molar-refractivity contribution in [3.63, 3.8) is 0 Å². The van der Waals surface area contributed by atoms with E-state index in [4.69, 9.17) is 0 Å². The summed E-state index contributed by atoms with van der Waals surface area (Å²) in [5.41, 5.74) is 4.41. The fraction of sp³-hybridized carbons (Fsp3) is 0.263. The van der Waals surface area contributed by atoms with Crippen LogP contribution < -0.4 is 10.6 Å². The molecule has 0 unspecified atom stereocenters. The van der Waals surface area contributed by atoms with Gasteiger partial charge in [0.25, 0.3) is 5.91 Å². The number of fused-ring (bicyclic) bond motifs is 1. The average Bonchev–Trinajstić information content (AvgIpc) is 2.54. The topological polar surface area (TPSA) is 58.2 Å². The summed E-state index contributed by atoms with van der Waals surface area (Å²) in [4.78, 5) is 23.8. The quantitative estimate of drug-likeness (QED) is 0.902. The van der Waals surface area contributed by atoms with Crippen molar-refractivity contribution in [3.8, 4) is 0 Å². The molecule has 23 heavy (non-hydrogen) atoms. The molecule has 0 aromatic heterocycles. The van der Waals surface area contributed by atoms with E-state index in [2.05, 4.69) is 30.5 Å². The average molecular weight is 308 g/mol. The molecule has 0 atom stereocenters. The van der Waals surface area contributed by atoms with Crippen molar-refractivity contribution in [1.29, 1.82) is 0 Å². The molecule has 2 amide bonds. The molecular weight excluding hydrogens is 288 g/mol. The van der Waals surface area contributed by atoms with E-state index in [-0.39, 0.29) is 11.8 Å². The molecule has 0 saturated heterocycles. The van der Waals surface area contributed by atoms with Crippen LogP contribution in [0.1, 0.15) is 47.7 Å². The van der Waals surface area contributed by atoms with E-state index in [1.54, 1.807) is 12.1 Å². The summed E-state index contributed by atoms with van der Waals surface area (Å²) in [5, 5.41) is 5.77. The summed E-state index contributed by atoms with van der Waals surface area (Å²) in [6, 6.07) is 13.3. The molecule has 1 aliphatic rings. The SMILES string of the molecule is CC(C)c1cccc(NC(=O)c2ccc3c(c2)CCC(=O)N3)c1. The molecule has 4 nitrogen and oxygen atoms in total. The number of hydrogen-bond acceptors (Lipinski definition) is 2. The van der Waals surface area contributed by atoms with E-state index in [1.807, 2.05) is 24.3 Å². The Morgan fingerprint density at radius 3 is 2.74 bits per heavy atom. The van der Waals surface area contributed by atoms with E-state index in [1.165, 1.54) is 5.56 Å². The first-order chi connectivity index (χ1) is 11.0. The van der Waals surface area contributed by atoms with E-state index in [0.717, 1.165) is 16.9 Å². The van der Waals surface area contributed by atoms with Gasteiger partial charge in [-0.05, 0) is 53.8 Å². The molecule has 0 saturated carbocycles. The minimum atomic E-state index is -0.134. The van der Waals surface area contributed by atoms with Crippen molar-refractivity contribution < 1.29 is 9.59 Å². The molecule has 0 spiro atoms. The molecule has 118 valence electrons. The molecule has 0 aliphatic carbocycles. The van der Waals surface area contributed by atoms with Gasteiger partial charge in [0.1, 0.15) is 0 Å². The zero-order chi connectivity index (χ0) is 16.4. The summed E-state index contributed by atoms with van der Waals surface area (Å²) in [6.45, 7) is 4.25. The van der Waals surface area contributed by atoms with Gasteiger partial charge in [0.05, 0.1) is 0 Å². The predicted molar refractivity (Wildman–Crippen MR) is 91.9 cm³/mol. The van der Waals surface area contributed by atoms with Gasteiger partial charge < -0.3 is 10.6 Å². The van der Waals surface area contributed by atoms with Crippen LogP contribution in [-0.2, 0) is 11.2 Å². The van der Waals surface area contributed by atoms with Crippen molar-refractivity contribution in [2.75, 3.05) is 10.6 Å². The summed E-state index contributed by atoms with van der Waals surface area (Å²) >= 11 is 0. The molecule has 2 aromatic carbocycles. The maximum atomic E-state index is 12.4. The maximum absolute atomic E-state index is 12.4. The Morgan fingerprint density at radius 1 is 1.13 bits per heavy atom. The highest BCUT2D eigenvalue weighted by Gasteiger charge is 2.16. The Bertz CT molecular complexity index is 766. The highest BCUT2D eigenvalue weighted by atomic mass is 16.2. The van der Waals surface area contributed by atoms with Gasteiger partial charge in [0.2, 0.25) is 5.91 Å². The largest absolute Gasteiger partial charge is 0.326 e. The molecule has 1 heterocycles. The van der Waals surface area contributed by atoms with E-state index in [0.29, 0.717) is 24.3 Å². The second-order valence-corrected chi connectivity index (χ2v) is 6.15. The Morgan fingerprint density at radius 2 is 1.96 bits per heavy atom. The second-order valence-electron chi connectivity index (χ2n) is 6.15. The fourth-order valence-electron chi connectivity index (χ4n) is 2.70. The van der Waals surface area contributed by atoms with Gasteiger partial charge in [-0.25, -0.2) is 0 Å². The third-order valence-electron chi connectivity index (χ3n) is 4.07. The monoisotopic (exact) mass is 308 g/mol. The highest BCUT2D eigenvalue weighted by molar-refractivity contribution is 6.05. The summed E-state index contributed by atoms with van der Waals surface area (Å²) in [7, 11) is 0. The van der Waals surface area contributed by atoms with Gasteiger partial charge in [-0.1, -0.05) is 26.0 Å². The lowest BCUT2D eigenvalue weighted by Crippen LogP contribution is -2.20. The number of rotatable bonds is 3. The van der Waals surface area contributed by atoms with Gasteiger partial charge in [-0.15, -0.1) is 0 Å². The van der Waals surface area contributed by atoms with Gasteiger partial charge in [-0.3, -0.25) is 9.59 Å². The Hall–Kier alpha value is -2.62. The summed E-state index contributed by atoms with van der Waals surface area (Å²) in [5.74, 6) is 0.310. The van der Waals surface area contributed by atoms with Crippen molar-refractivity contribution in [3.05, 3.63) is 59.2 Å². The number of aryl methyl sites for hydroxylation is 1. The molecular formula is C19H20N2O2. The minimum absolute atomic E-state index is 0.0280. The Balaban J connectivity index is 1.78. The van der Waals surface area contributed by atoms with Crippen molar-refractivity contribution >= 4 is 23.2 Å². The molecule has 2 N–H and O–H groups in total. The zero-order valence-electron chi connectivity index (χ0n) is 13.3. The first-order valence-electron chi connectivity index (χ1n) is 7.87. The lowest BCUT2D eigenvalue weighted by molar-refractivity contribution is -0.116. The number of carbonyl (C=O) groups is 2. The van der Waals surface area contributed by atoms with Crippen LogP contribution in [0.15, 0.2) is 42.5 Å². The van der Waals surface area contributed by atoms with Crippen LogP contribution in [-0.4, -0.2) is 11.8 Å². The Kier molecular flexibility index (Phi) is 4.15. The first kappa shape index (κ1) is 15.3. The molecule has 0 bridgehead atoms. The first-order valence-corrected chi connectivity index (χ1v) is 7.87. The highest BCUT2D eigenvalue weighted by Crippen LogP contribution is 2.24. The van der Waals surface area contributed by atoms with Crippen LogP contribution >= 0.6 is 0 Å². The third-order valence-corrected chi connectivity index (χ3v) is 4.07. The number of nitrogens with one attached hydrogen (secondary N) is 2. The maximum Gasteiger partial charge on any atom is 0.255 e. The molecule has 0 radical (unpaired) electrons. The standard InChI is InChI=1S/C19H20N2O2/c1-12(2)13-4-3-5-16(11-13)20-19(23)15-6-8-17-14(10-15)7-9-18(22)21-17/h3-6,8,10-12H,7,9H2,1-2H3,(H,20,23)(H,21,22). The third kappa shape index (κ3) is 3.42. The molecule has 4 heteroatoms. The number of amides is 2. The van der Waals surface area contributed by atoms with Crippen molar-refractivity contribution in [2.45, 2.75) is 32.6 Å². The smallest absolute Gasteiger partial charge is 0.255 e. The lowest BCUT2D eigenvalue weighted by Gasteiger charge is -2.17. The van der Waals surface area contributed by atoms with Crippen LogP contribution in [0.5, 0.6) is 0 Å². The van der Waals surface area contributed by atoms with Crippen molar-refractivity contribution in [2.24, 2.45) is 0 Å². The lowest BCUT2D eigenvalue weighted by atomic mass is 10.00. The van der Waals surface area contributed by atoms with Crippen LogP contribution in [0.3, 0.4) is 0 Å². The molecule has 3 rings (SSSR count). The summed E-state index contributed by atoms with van der Waals surface area (Å²) < 4.78 is 0. The van der Waals surface area contributed by atoms with Gasteiger partial charge in [0.15, 0.2) is 0 Å². The summed E-state index contributed by atoms with van der Waals surface area (Å²) in [6.07, 6.45) is 1.14. The number of benzene rings is 2. The van der Waals surface area contributed by atoms with Gasteiger partial charge >= 0.3 is 0 Å². The van der Waals surface area contributed by atoms with Crippen LogP contribution in [0.4, 0.5) is 11.4 Å². The second kappa shape index (κ2) is 6.24. The Labute approximate surface area is 135 Å². The molecule has 0 fully saturated rings. The van der Waals surface area contributed by atoms with E-state index in [9.17, 15) is 9.59 Å². The van der Waals surface area contributed by atoms with Crippen LogP contribution in [0.25, 0.3) is 0 Å².